The molecule has 4 heteroatoms. The van der Waals surface area contributed by atoms with E-state index in [0.717, 1.165) is 26.2 Å². The predicted molar refractivity (Wildman–Crippen MR) is 71.0 cm³/mol. The van der Waals surface area contributed by atoms with Gasteiger partial charge in [-0.3, -0.25) is 4.79 Å². The van der Waals surface area contributed by atoms with Crippen LogP contribution >= 0.6 is 0 Å². The number of hydrogen-bond acceptors (Lipinski definition) is 3. The Morgan fingerprint density at radius 1 is 1.29 bits per heavy atom. The van der Waals surface area contributed by atoms with Gasteiger partial charge in [0.2, 0.25) is 5.91 Å². The molecule has 0 aromatic rings. The second kappa shape index (κ2) is 9.42. The van der Waals surface area contributed by atoms with Crippen LogP contribution in [-0.2, 0) is 9.53 Å². The number of amides is 1. The third kappa shape index (κ3) is 9.12. The summed E-state index contributed by atoms with van der Waals surface area (Å²) in [4.78, 5) is 13.3. The Kier molecular flexibility index (Phi) is 9.09. The van der Waals surface area contributed by atoms with Crippen LogP contribution in [0.25, 0.3) is 0 Å². The maximum atomic E-state index is 11.6. The highest BCUT2D eigenvalue weighted by atomic mass is 16.5. The number of carbonyl (C=O) groups is 1. The van der Waals surface area contributed by atoms with E-state index in [4.69, 9.17) is 4.74 Å². The highest BCUT2D eigenvalue weighted by Gasteiger charge is 2.10. The molecule has 102 valence electrons. The molecule has 0 aliphatic heterocycles. The number of hydrogen-bond donors (Lipinski definition) is 1. The fourth-order valence-electron chi connectivity index (χ4n) is 1.23. The predicted octanol–water partition coefficient (Wildman–Crippen LogP) is 1.51. The van der Waals surface area contributed by atoms with Gasteiger partial charge in [0.25, 0.3) is 0 Å². The molecule has 0 unspecified atom stereocenters. The van der Waals surface area contributed by atoms with Crippen LogP contribution in [0.1, 0.15) is 34.1 Å². The average Bonchev–Trinajstić information content (AvgIpc) is 2.25. The van der Waals surface area contributed by atoms with Crippen LogP contribution in [0.15, 0.2) is 0 Å². The van der Waals surface area contributed by atoms with Crippen molar-refractivity contribution in [3.63, 3.8) is 0 Å². The SMILES string of the molecule is CC(C)COCCCNCC(=O)N(C)C(C)C. The summed E-state index contributed by atoms with van der Waals surface area (Å²) in [5.74, 6) is 0.729. The molecule has 0 saturated carbocycles. The second-order valence-electron chi connectivity index (χ2n) is 5.10. The molecule has 4 nitrogen and oxygen atoms in total. The summed E-state index contributed by atoms with van der Waals surface area (Å²) in [6.07, 6.45) is 0.950. The smallest absolute Gasteiger partial charge is 0.236 e. The maximum Gasteiger partial charge on any atom is 0.236 e. The zero-order valence-corrected chi connectivity index (χ0v) is 12.0. The van der Waals surface area contributed by atoms with Gasteiger partial charge in [-0.2, -0.15) is 0 Å². The lowest BCUT2D eigenvalue weighted by molar-refractivity contribution is -0.130. The van der Waals surface area contributed by atoms with E-state index in [0.29, 0.717) is 12.5 Å². The van der Waals surface area contributed by atoms with Gasteiger partial charge in [0.05, 0.1) is 6.54 Å². The summed E-state index contributed by atoms with van der Waals surface area (Å²) < 4.78 is 5.45. The Balaban J connectivity index is 3.37. The van der Waals surface area contributed by atoms with E-state index in [-0.39, 0.29) is 11.9 Å². The largest absolute Gasteiger partial charge is 0.381 e. The molecule has 0 atom stereocenters. The van der Waals surface area contributed by atoms with E-state index in [1.807, 2.05) is 20.9 Å². The molecule has 0 aromatic heterocycles. The van der Waals surface area contributed by atoms with Gasteiger partial charge >= 0.3 is 0 Å². The Hall–Kier alpha value is -0.610. The normalized spacial score (nSPS) is 11.2. The van der Waals surface area contributed by atoms with E-state index >= 15 is 0 Å². The first-order valence-electron chi connectivity index (χ1n) is 6.49. The number of likely N-dealkylation sites (N-methyl/N-ethyl adjacent to an activating group) is 1. The standard InChI is InChI=1S/C13H28N2O2/c1-11(2)10-17-8-6-7-14-9-13(16)15(5)12(3)4/h11-12,14H,6-10H2,1-5H3. The van der Waals surface area contributed by atoms with Gasteiger partial charge in [-0.25, -0.2) is 0 Å². The quantitative estimate of drug-likeness (QED) is 0.625. The third-order valence-corrected chi connectivity index (χ3v) is 2.54. The Bertz CT molecular complexity index is 206. The van der Waals surface area contributed by atoms with Crippen LogP contribution in [-0.4, -0.2) is 50.2 Å². The summed E-state index contributed by atoms with van der Waals surface area (Å²) in [7, 11) is 1.83. The zero-order chi connectivity index (χ0) is 13.3. The lowest BCUT2D eigenvalue weighted by Gasteiger charge is -2.21. The van der Waals surface area contributed by atoms with Crippen molar-refractivity contribution in [3.8, 4) is 0 Å². The van der Waals surface area contributed by atoms with Crippen molar-refractivity contribution >= 4 is 5.91 Å². The molecule has 0 fully saturated rings. The molecule has 17 heavy (non-hydrogen) atoms. The number of ether oxygens (including phenoxy) is 1. The Morgan fingerprint density at radius 2 is 1.94 bits per heavy atom. The minimum Gasteiger partial charge on any atom is -0.381 e. The van der Waals surface area contributed by atoms with Gasteiger partial charge in [-0.1, -0.05) is 13.8 Å². The van der Waals surface area contributed by atoms with Gasteiger partial charge in [-0.15, -0.1) is 0 Å². The number of carbonyl (C=O) groups excluding carboxylic acids is 1. The van der Waals surface area contributed by atoms with Crippen molar-refractivity contribution in [1.29, 1.82) is 0 Å². The lowest BCUT2D eigenvalue weighted by atomic mass is 10.2. The van der Waals surface area contributed by atoms with E-state index in [1.165, 1.54) is 0 Å². The molecular formula is C13H28N2O2. The van der Waals surface area contributed by atoms with Crippen LogP contribution < -0.4 is 5.32 Å². The maximum absolute atomic E-state index is 11.6. The van der Waals surface area contributed by atoms with Crippen LogP contribution in [0.3, 0.4) is 0 Å². The molecule has 0 radical (unpaired) electrons. The van der Waals surface area contributed by atoms with Gasteiger partial charge < -0.3 is 15.0 Å². The first-order chi connectivity index (χ1) is 7.95. The van der Waals surface area contributed by atoms with Crippen LogP contribution in [0.2, 0.25) is 0 Å². The Morgan fingerprint density at radius 3 is 2.47 bits per heavy atom. The van der Waals surface area contributed by atoms with E-state index in [2.05, 4.69) is 19.2 Å². The molecule has 0 saturated heterocycles. The molecule has 0 rings (SSSR count). The lowest BCUT2D eigenvalue weighted by Crippen LogP contribution is -2.39. The van der Waals surface area contributed by atoms with Crippen molar-refractivity contribution in [2.24, 2.45) is 5.92 Å². The van der Waals surface area contributed by atoms with Gasteiger partial charge in [-0.05, 0) is 32.7 Å². The van der Waals surface area contributed by atoms with E-state index in [1.54, 1.807) is 4.90 Å². The third-order valence-electron chi connectivity index (χ3n) is 2.54. The van der Waals surface area contributed by atoms with Crippen LogP contribution in [0, 0.1) is 5.92 Å². The highest BCUT2D eigenvalue weighted by Crippen LogP contribution is 1.94. The van der Waals surface area contributed by atoms with Gasteiger partial charge in [0.1, 0.15) is 0 Å². The van der Waals surface area contributed by atoms with Gasteiger partial charge in [0, 0.05) is 26.3 Å². The van der Waals surface area contributed by atoms with E-state index in [9.17, 15) is 4.79 Å². The van der Waals surface area contributed by atoms with Gasteiger partial charge in [0.15, 0.2) is 0 Å². The minimum atomic E-state index is 0.142. The molecule has 1 N–H and O–H groups in total. The summed E-state index contributed by atoms with van der Waals surface area (Å²) >= 11 is 0. The number of rotatable bonds is 9. The Labute approximate surface area is 106 Å². The molecule has 0 aromatic carbocycles. The first-order valence-corrected chi connectivity index (χ1v) is 6.49. The summed E-state index contributed by atoms with van der Waals surface area (Å²) in [5, 5.41) is 3.14. The summed E-state index contributed by atoms with van der Waals surface area (Å²) in [6, 6.07) is 0.263. The summed E-state index contributed by atoms with van der Waals surface area (Å²) in [6.45, 7) is 11.1. The fraction of sp³-hybridized carbons (Fsp3) is 0.923. The van der Waals surface area contributed by atoms with Crippen molar-refractivity contribution in [3.05, 3.63) is 0 Å². The summed E-state index contributed by atoms with van der Waals surface area (Å²) in [5.41, 5.74) is 0. The van der Waals surface area contributed by atoms with Crippen LogP contribution in [0.4, 0.5) is 0 Å². The molecule has 0 aliphatic rings. The molecule has 0 heterocycles. The fourth-order valence-corrected chi connectivity index (χ4v) is 1.23. The monoisotopic (exact) mass is 244 g/mol. The minimum absolute atomic E-state index is 0.142. The second-order valence-corrected chi connectivity index (χ2v) is 5.10. The van der Waals surface area contributed by atoms with E-state index < -0.39 is 0 Å². The molecule has 1 amide bonds. The zero-order valence-electron chi connectivity index (χ0n) is 12.0. The molecule has 0 bridgehead atoms. The van der Waals surface area contributed by atoms with Crippen molar-refractivity contribution < 1.29 is 9.53 Å². The molecular weight excluding hydrogens is 216 g/mol. The van der Waals surface area contributed by atoms with Crippen molar-refractivity contribution in [1.82, 2.24) is 10.2 Å². The van der Waals surface area contributed by atoms with Crippen molar-refractivity contribution in [2.75, 3.05) is 33.4 Å². The highest BCUT2D eigenvalue weighted by molar-refractivity contribution is 5.78. The topological polar surface area (TPSA) is 41.6 Å². The number of nitrogens with zero attached hydrogens (tertiary/aromatic N) is 1. The molecule has 0 spiro atoms. The van der Waals surface area contributed by atoms with Crippen molar-refractivity contribution in [2.45, 2.75) is 40.2 Å². The number of nitrogens with one attached hydrogen (secondary N) is 1. The first kappa shape index (κ1) is 16.4. The molecule has 0 aliphatic carbocycles. The van der Waals surface area contributed by atoms with Crippen LogP contribution in [0.5, 0.6) is 0 Å². The average molecular weight is 244 g/mol.